The van der Waals surface area contributed by atoms with Gasteiger partial charge in [0.15, 0.2) is 0 Å². The van der Waals surface area contributed by atoms with Gasteiger partial charge in [-0.3, -0.25) is 5.10 Å². The average Bonchev–Trinajstić information content (AvgIpc) is 2.94. The highest BCUT2D eigenvalue weighted by atomic mass is 35.5. The monoisotopic (exact) mass is 305 g/mol. The largest absolute Gasteiger partial charge is 0.488 e. The number of H-pyrrole nitrogens is 1. The molecule has 2 rings (SSSR count). The fraction of sp³-hybridized carbons (Fsp3) is 0.312. The molecule has 0 bridgehead atoms. The van der Waals surface area contributed by atoms with Crippen LogP contribution < -0.4 is 10.1 Å². The summed E-state index contributed by atoms with van der Waals surface area (Å²) in [6.45, 7) is 7.87. The van der Waals surface area contributed by atoms with Crippen molar-refractivity contribution in [3.63, 3.8) is 0 Å². The molecule has 0 atom stereocenters. The van der Waals surface area contributed by atoms with Crippen molar-refractivity contribution in [3.8, 4) is 17.0 Å². The van der Waals surface area contributed by atoms with Crippen LogP contribution in [-0.2, 0) is 6.54 Å². The number of rotatable bonds is 8. The molecule has 1 aromatic carbocycles. The molecule has 5 heteroatoms. The smallest absolute Gasteiger partial charge is 0.123 e. The zero-order valence-electron chi connectivity index (χ0n) is 12.2. The van der Waals surface area contributed by atoms with E-state index in [2.05, 4.69) is 29.0 Å². The molecule has 0 spiro atoms. The Morgan fingerprint density at radius 3 is 2.81 bits per heavy atom. The van der Waals surface area contributed by atoms with Crippen LogP contribution in [0.3, 0.4) is 0 Å². The summed E-state index contributed by atoms with van der Waals surface area (Å²) >= 11 is 5.68. The molecule has 0 aliphatic carbocycles. The molecule has 1 heterocycles. The number of benzene rings is 1. The van der Waals surface area contributed by atoms with Crippen LogP contribution in [0.2, 0.25) is 0 Å². The van der Waals surface area contributed by atoms with Crippen molar-refractivity contribution in [1.29, 1.82) is 0 Å². The number of hydrogen-bond acceptors (Lipinski definition) is 3. The molecule has 0 radical (unpaired) electrons. The Labute approximate surface area is 130 Å². The van der Waals surface area contributed by atoms with Crippen molar-refractivity contribution >= 4 is 11.6 Å². The third kappa shape index (κ3) is 4.62. The van der Waals surface area contributed by atoms with E-state index in [4.69, 9.17) is 16.3 Å². The van der Waals surface area contributed by atoms with Crippen molar-refractivity contribution in [1.82, 2.24) is 15.5 Å². The second kappa shape index (κ2) is 7.86. The Balaban J connectivity index is 2.04. The van der Waals surface area contributed by atoms with E-state index in [1.165, 1.54) is 0 Å². The maximum absolute atomic E-state index is 5.68. The lowest BCUT2D eigenvalue weighted by Crippen LogP contribution is -2.13. The van der Waals surface area contributed by atoms with Crippen molar-refractivity contribution < 1.29 is 4.74 Å². The molecular formula is C16H20ClN3O. The topological polar surface area (TPSA) is 49.9 Å². The van der Waals surface area contributed by atoms with Gasteiger partial charge in [0.05, 0.1) is 11.9 Å². The van der Waals surface area contributed by atoms with Crippen LogP contribution in [0.25, 0.3) is 11.3 Å². The molecule has 0 saturated heterocycles. The normalized spacial score (nSPS) is 10.6. The van der Waals surface area contributed by atoms with Gasteiger partial charge in [0.25, 0.3) is 0 Å². The van der Waals surface area contributed by atoms with Gasteiger partial charge in [-0.05, 0) is 37.2 Å². The summed E-state index contributed by atoms with van der Waals surface area (Å²) in [5, 5.41) is 11.1. The molecule has 0 fully saturated rings. The van der Waals surface area contributed by atoms with Gasteiger partial charge in [-0.15, -0.1) is 0 Å². The van der Waals surface area contributed by atoms with E-state index in [1.54, 1.807) is 0 Å². The SMILES string of the molecule is C=C(Cl)COc1ccc(-c2[nH]ncc2CNCCC)cc1. The van der Waals surface area contributed by atoms with E-state index >= 15 is 0 Å². The first-order valence-corrected chi connectivity index (χ1v) is 7.38. The minimum Gasteiger partial charge on any atom is -0.488 e. The van der Waals surface area contributed by atoms with Crippen molar-refractivity contribution in [2.24, 2.45) is 0 Å². The number of hydrogen-bond donors (Lipinski definition) is 2. The van der Waals surface area contributed by atoms with E-state index in [9.17, 15) is 0 Å². The van der Waals surface area contributed by atoms with Gasteiger partial charge in [-0.1, -0.05) is 25.1 Å². The fourth-order valence-corrected chi connectivity index (χ4v) is 2.03. The molecule has 0 aliphatic heterocycles. The zero-order chi connectivity index (χ0) is 15.1. The Hall–Kier alpha value is -1.78. The van der Waals surface area contributed by atoms with Crippen LogP contribution in [0, 0.1) is 0 Å². The van der Waals surface area contributed by atoms with Gasteiger partial charge in [0, 0.05) is 22.7 Å². The Morgan fingerprint density at radius 1 is 1.38 bits per heavy atom. The maximum Gasteiger partial charge on any atom is 0.123 e. The van der Waals surface area contributed by atoms with E-state index in [0.29, 0.717) is 11.6 Å². The molecule has 0 aliphatic rings. The van der Waals surface area contributed by atoms with Crippen molar-refractivity contribution in [3.05, 3.63) is 47.6 Å². The Morgan fingerprint density at radius 2 is 2.14 bits per heavy atom. The standard InChI is InChI=1S/C16H20ClN3O/c1-3-8-18-9-14-10-19-20-16(14)13-4-6-15(7-5-13)21-11-12(2)17/h4-7,10,18H,2-3,8-9,11H2,1H3,(H,19,20). The number of halogens is 1. The van der Waals surface area contributed by atoms with Gasteiger partial charge < -0.3 is 10.1 Å². The van der Waals surface area contributed by atoms with Crippen molar-refractivity contribution in [2.75, 3.05) is 13.2 Å². The third-order valence-electron chi connectivity index (χ3n) is 3.00. The predicted molar refractivity (Wildman–Crippen MR) is 86.5 cm³/mol. The lowest BCUT2D eigenvalue weighted by molar-refractivity contribution is 0.359. The quantitative estimate of drug-likeness (QED) is 0.731. The van der Waals surface area contributed by atoms with Gasteiger partial charge in [0.1, 0.15) is 12.4 Å². The zero-order valence-corrected chi connectivity index (χ0v) is 12.9. The van der Waals surface area contributed by atoms with E-state index in [1.807, 2.05) is 30.5 Å². The minimum atomic E-state index is 0.317. The molecule has 2 N–H and O–H groups in total. The third-order valence-corrected chi connectivity index (χ3v) is 3.11. The van der Waals surface area contributed by atoms with Gasteiger partial charge in [-0.2, -0.15) is 5.10 Å². The van der Waals surface area contributed by atoms with Crippen LogP contribution in [0.15, 0.2) is 42.1 Å². The maximum atomic E-state index is 5.68. The van der Waals surface area contributed by atoms with Gasteiger partial charge >= 0.3 is 0 Å². The first-order valence-electron chi connectivity index (χ1n) is 7.00. The van der Waals surface area contributed by atoms with Crippen LogP contribution >= 0.6 is 11.6 Å². The van der Waals surface area contributed by atoms with E-state index < -0.39 is 0 Å². The molecule has 21 heavy (non-hydrogen) atoms. The second-order valence-electron chi connectivity index (χ2n) is 4.78. The predicted octanol–water partition coefficient (Wildman–Crippen LogP) is 3.71. The highest BCUT2D eigenvalue weighted by molar-refractivity contribution is 6.29. The van der Waals surface area contributed by atoms with Gasteiger partial charge in [0.2, 0.25) is 0 Å². The molecule has 112 valence electrons. The lowest BCUT2D eigenvalue weighted by Gasteiger charge is -2.07. The molecular weight excluding hydrogens is 286 g/mol. The molecule has 2 aromatic rings. The van der Waals surface area contributed by atoms with E-state index in [0.717, 1.165) is 42.1 Å². The summed E-state index contributed by atoms with van der Waals surface area (Å²) < 4.78 is 5.48. The van der Waals surface area contributed by atoms with Crippen molar-refractivity contribution in [2.45, 2.75) is 19.9 Å². The number of aromatic nitrogens is 2. The Bertz CT molecular complexity index is 577. The summed E-state index contributed by atoms with van der Waals surface area (Å²) in [5.74, 6) is 0.769. The van der Waals surface area contributed by atoms with Crippen LogP contribution in [-0.4, -0.2) is 23.3 Å². The van der Waals surface area contributed by atoms with E-state index in [-0.39, 0.29) is 0 Å². The molecule has 4 nitrogen and oxygen atoms in total. The first-order chi connectivity index (χ1) is 10.2. The molecule has 0 saturated carbocycles. The van der Waals surface area contributed by atoms with Crippen LogP contribution in [0.5, 0.6) is 5.75 Å². The average molecular weight is 306 g/mol. The summed E-state index contributed by atoms with van der Waals surface area (Å²) in [4.78, 5) is 0. The van der Waals surface area contributed by atoms with Crippen LogP contribution in [0.1, 0.15) is 18.9 Å². The minimum absolute atomic E-state index is 0.317. The number of ether oxygens (including phenoxy) is 1. The fourth-order valence-electron chi connectivity index (χ4n) is 1.97. The second-order valence-corrected chi connectivity index (χ2v) is 5.31. The number of aromatic amines is 1. The number of nitrogens with zero attached hydrogens (tertiary/aromatic N) is 1. The highest BCUT2D eigenvalue weighted by Crippen LogP contribution is 2.24. The summed E-state index contributed by atoms with van der Waals surface area (Å²) in [7, 11) is 0. The summed E-state index contributed by atoms with van der Waals surface area (Å²) in [5.41, 5.74) is 3.27. The van der Waals surface area contributed by atoms with Crippen LogP contribution in [0.4, 0.5) is 0 Å². The Kier molecular flexibility index (Phi) is 5.84. The summed E-state index contributed by atoms with van der Waals surface area (Å²) in [6, 6.07) is 7.84. The molecule has 1 aromatic heterocycles. The molecule has 0 amide bonds. The van der Waals surface area contributed by atoms with Gasteiger partial charge in [-0.25, -0.2) is 0 Å². The lowest BCUT2D eigenvalue weighted by atomic mass is 10.1. The highest BCUT2D eigenvalue weighted by Gasteiger charge is 2.07. The number of nitrogens with one attached hydrogen (secondary N) is 2. The summed E-state index contributed by atoms with van der Waals surface area (Å²) in [6.07, 6.45) is 2.98. The first kappa shape index (κ1) is 15.6. The molecule has 0 unspecified atom stereocenters.